The highest BCUT2D eigenvalue weighted by atomic mass is 16.5. The van der Waals surface area contributed by atoms with Crippen molar-refractivity contribution < 1.29 is 29.3 Å². The number of aliphatic carboxylic acids is 2. The molecule has 1 amide bonds. The Bertz CT molecular complexity index is 734. The van der Waals surface area contributed by atoms with Gasteiger partial charge in [-0.15, -0.1) is 0 Å². The molecule has 30 heavy (non-hydrogen) atoms. The van der Waals surface area contributed by atoms with Crippen LogP contribution in [0.25, 0.3) is 0 Å². The number of hydrogen-bond acceptors (Lipinski definition) is 5. The number of rotatable bonds is 9. The molecule has 8 heteroatoms. The summed E-state index contributed by atoms with van der Waals surface area (Å²) < 4.78 is 5.80. The fraction of sp³-hybridized carbons (Fsp3) is 0.591. The third kappa shape index (κ3) is 5.79. The normalized spacial score (nSPS) is 25.1. The lowest BCUT2D eigenvalue weighted by Gasteiger charge is -2.28. The highest BCUT2D eigenvalue weighted by Crippen LogP contribution is 2.31. The minimum atomic E-state index is -1.03. The number of ether oxygens (including phenoxy) is 1. The van der Waals surface area contributed by atoms with Crippen LogP contribution in [0.3, 0.4) is 0 Å². The zero-order valence-electron chi connectivity index (χ0n) is 17.0. The number of amides is 1. The molecule has 1 aromatic rings. The number of nitrogens with one attached hydrogen (secondary N) is 1. The van der Waals surface area contributed by atoms with Crippen molar-refractivity contribution in [1.29, 1.82) is 0 Å². The summed E-state index contributed by atoms with van der Waals surface area (Å²) in [6.45, 7) is 0.813. The third-order valence-electron chi connectivity index (χ3n) is 6.04. The summed E-state index contributed by atoms with van der Waals surface area (Å²) in [4.78, 5) is 37.4. The molecule has 1 aromatic carbocycles. The van der Waals surface area contributed by atoms with Gasteiger partial charge in [-0.3, -0.25) is 14.9 Å². The van der Waals surface area contributed by atoms with E-state index in [-0.39, 0.29) is 24.5 Å². The van der Waals surface area contributed by atoms with Gasteiger partial charge in [-0.05, 0) is 44.1 Å². The Morgan fingerprint density at radius 1 is 1.17 bits per heavy atom. The molecule has 3 N–H and O–H groups in total. The Hall–Kier alpha value is -2.45. The second-order valence-electron chi connectivity index (χ2n) is 8.10. The van der Waals surface area contributed by atoms with Crippen LogP contribution in [0, 0.1) is 5.92 Å². The average Bonchev–Trinajstić information content (AvgIpc) is 3.21. The molecule has 8 nitrogen and oxygen atoms in total. The van der Waals surface area contributed by atoms with E-state index >= 15 is 0 Å². The van der Waals surface area contributed by atoms with Crippen LogP contribution in [0.5, 0.6) is 0 Å². The number of carboxylic acids is 2. The van der Waals surface area contributed by atoms with Crippen molar-refractivity contribution in [2.45, 2.75) is 56.7 Å². The minimum Gasteiger partial charge on any atom is -0.480 e. The van der Waals surface area contributed by atoms with E-state index in [2.05, 4.69) is 5.32 Å². The van der Waals surface area contributed by atoms with Crippen LogP contribution in [0.15, 0.2) is 30.3 Å². The second-order valence-corrected chi connectivity index (χ2v) is 8.10. The van der Waals surface area contributed by atoms with Gasteiger partial charge in [0.1, 0.15) is 12.1 Å². The van der Waals surface area contributed by atoms with Crippen molar-refractivity contribution >= 4 is 17.8 Å². The molecule has 164 valence electrons. The Labute approximate surface area is 176 Å². The second kappa shape index (κ2) is 10.5. The number of hydrogen-bond donors (Lipinski definition) is 3. The highest BCUT2D eigenvalue weighted by molar-refractivity contribution is 5.86. The molecule has 0 spiro atoms. The first-order valence-electron chi connectivity index (χ1n) is 10.6. The van der Waals surface area contributed by atoms with Gasteiger partial charge in [0.05, 0.1) is 12.6 Å². The summed E-state index contributed by atoms with van der Waals surface area (Å²) in [6, 6.07) is 7.79. The summed E-state index contributed by atoms with van der Waals surface area (Å²) in [5, 5.41) is 21.9. The molecule has 4 atom stereocenters. The molecular formula is C22H30N2O6. The van der Waals surface area contributed by atoms with E-state index in [0.717, 1.165) is 24.8 Å². The van der Waals surface area contributed by atoms with Gasteiger partial charge < -0.3 is 19.8 Å². The van der Waals surface area contributed by atoms with Crippen LogP contribution >= 0.6 is 0 Å². The molecular weight excluding hydrogens is 388 g/mol. The molecule has 2 heterocycles. The lowest BCUT2D eigenvalue weighted by molar-refractivity contribution is -0.148. The molecule has 2 aliphatic heterocycles. The quantitative estimate of drug-likeness (QED) is 0.557. The molecule has 0 saturated carbocycles. The predicted octanol–water partition coefficient (Wildman–Crippen LogP) is 1.53. The molecule has 2 aliphatic rings. The third-order valence-corrected chi connectivity index (χ3v) is 6.04. The number of carbonyl (C=O) groups is 3. The van der Waals surface area contributed by atoms with Crippen LogP contribution in [0.4, 0.5) is 0 Å². The van der Waals surface area contributed by atoms with Crippen molar-refractivity contribution in [2.24, 2.45) is 5.92 Å². The Morgan fingerprint density at radius 2 is 1.93 bits per heavy atom. The van der Waals surface area contributed by atoms with Crippen LogP contribution in [-0.4, -0.2) is 70.8 Å². The number of carbonyl (C=O) groups excluding carboxylic acids is 1. The number of aryl methyl sites for hydroxylation is 1. The maximum absolute atomic E-state index is 12.8. The first-order chi connectivity index (χ1) is 14.5. The molecule has 0 radical (unpaired) electrons. The summed E-state index contributed by atoms with van der Waals surface area (Å²) >= 11 is 0. The van der Waals surface area contributed by atoms with E-state index in [1.807, 2.05) is 30.3 Å². The zero-order chi connectivity index (χ0) is 21.5. The monoisotopic (exact) mass is 418 g/mol. The molecule has 0 bridgehead atoms. The number of nitrogens with zero attached hydrogens (tertiary/aromatic N) is 1. The van der Waals surface area contributed by atoms with Gasteiger partial charge in [-0.25, -0.2) is 4.79 Å². The van der Waals surface area contributed by atoms with Crippen LogP contribution < -0.4 is 5.32 Å². The summed E-state index contributed by atoms with van der Waals surface area (Å²) in [6.07, 6.45) is 4.23. The van der Waals surface area contributed by atoms with Gasteiger partial charge in [0, 0.05) is 19.1 Å². The van der Waals surface area contributed by atoms with Crippen molar-refractivity contribution in [3.05, 3.63) is 35.9 Å². The van der Waals surface area contributed by atoms with Crippen LogP contribution in [0.1, 0.15) is 37.7 Å². The van der Waals surface area contributed by atoms with Gasteiger partial charge >= 0.3 is 11.9 Å². The van der Waals surface area contributed by atoms with E-state index in [1.54, 1.807) is 0 Å². The fourth-order valence-corrected chi connectivity index (χ4v) is 4.37. The molecule has 1 unspecified atom stereocenters. The van der Waals surface area contributed by atoms with Crippen LogP contribution in [-0.2, 0) is 25.5 Å². The lowest BCUT2D eigenvalue weighted by atomic mass is 9.93. The molecule has 2 fully saturated rings. The Morgan fingerprint density at radius 3 is 2.57 bits per heavy atom. The highest BCUT2D eigenvalue weighted by Gasteiger charge is 2.43. The fourth-order valence-electron chi connectivity index (χ4n) is 4.37. The van der Waals surface area contributed by atoms with Crippen molar-refractivity contribution in [3.8, 4) is 0 Å². The molecule has 0 aliphatic carbocycles. The molecule has 3 rings (SSSR count). The topological polar surface area (TPSA) is 116 Å². The standard InChI is InChI=1S/C22H30N2O6/c25-20(13-23-17(21(26)27)10-9-15-6-2-1-3-7-15)24-14-16(12-18(24)22(28)29)19-8-4-5-11-30-19/h1-3,6-7,16-19,23H,4-5,8-14H2,(H,26,27)(H,28,29)/t16?,17-,18-,19+/m0/s1. The van der Waals surface area contributed by atoms with Gasteiger partial charge in [-0.1, -0.05) is 30.3 Å². The summed E-state index contributed by atoms with van der Waals surface area (Å²) in [5.41, 5.74) is 1.03. The van der Waals surface area contributed by atoms with Gasteiger partial charge in [0.15, 0.2) is 0 Å². The zero-order valence-corrected chi connectivity index (χ0v) is 17.0. The first kappa shape index (κ1) is 22.2. The minimum absolute atomic E-state index is 0.00343. The van der Waals surface area contributed by atoms with Gasteiger partial charge in [0.2, 0.25) is 5.91 Å². The number of carboxylic acid groups (broad SMARTS) is 2. The SMILES string of the molecule is O=C(O)[C@H](CCc1ccccc1)NCC(=O)N1CC([C@H]2CCCCO2)C[C@H]1C(=O)O. The lowest BCUT2D eigenvalue weighted by Crippen LogP contribution is -2.48. The maximum Gasteiger partial charge on any atom is 0.326 e. The van der Waals surface area contributed by atoms with E-state index in [9.17, 15) is 24.6 Å². The smallest absolute Gasteiger partial charge is 0.326 e. The first-order valence-corrected chi connectivity index (χ1v) is 10.6. The summed E-state index contributed by atoms with van der Waals surface area (Å²) in [5.74, 6) is -2.43. The summed E-state index contributed by atoms with van der Waals surface area (Å²) in [7, 11) is 0. The van der Waals surface area contributed by atoms with Crippen molar-refractivity contribution in [2.75, 3.05) is 19.7 Å². The molecule has 0 aromatic heterocycles. The van der Waals surface area contributed by atoms with E-state index in [1.165, 1.54) is 4.90 Å². The van der Waals surface area contributed by atoms with E-state index in [0.29, 0.717) is 32.4 Å². The Kier molecular flexibility index (Phi) is 7.81. The van der Waals surface area contributed by atoms with E-state index in [4.69, 9.17) is 4.74 Å². The average molecular weight is 418 g/mol. The predicted molar refractivity (Wildman–Crippen MR) is 109 cm³/mol. The van der Waals surface area contributed by atoms with Gasteiger partial charge in [-0.2, -0.15) is 0 Å². The largest absolute Gasteiger partial charge is 0.480 e. The molecule has 2 saturated heterocycles. The van der Waals surface area contributed by atoms with E-state index < -0.39 is 24.0 Å². The van der Waals surface area contributed by atoms with Crippen molar-refractivity contribution in [1.82, 2.24) is 10.2 Å². The van der Waals surface area contributed by atoms with Gasteiger partial charge in [0.25, 0.3) is 0 Å². The Balaban J connectivity index is 1.55. The number of likely N-dealkylation sites (tertiary alicyclic amines) is 1. The number of benzene rings is 1. The maximum atomic E-state index is 12.8. The van der Waals surface area contributed by atoms with Crippen LogP contribution in [0.2, 0.25) is 0 Å². The van der Waals surface area contributed by atoms with Crippen molar-refractivity contribution in [3.63, 3.8) is 0 Å².